The molecule has 0 aromatic carbocycles. The molecule has 0 fully saturated rings. The molecule has 0 spiro atoms. The lowest BCUT2D eigenvalue weighted by Gasteiger charge is -2.12. The number of thiophene rings is 1. The minimum Gasteiger partial charge on any atom is -0.480 e. The number of hydrogen-bond donors (Lipinski definition) is 2. The summed E-state index contributed by atoms with van der Waals surface area (Å²) in [6, 6.07) is 2.75. The second-order valence-electron chi connectivity index (χ2n) is 2.88. The van der Waals surface area contributed by atoms with Gasteiger partial charge in [0, 0.05) is 11.3 Å². The summed E-state index contributed by atoms with van der Waals surface area (Å²) < 4.78 is 0. The van der Waals surface area contributed by atoms with Crippen LogP contribution < -0.4 is 5.32 Å². The van der Waals surface area contributed by atoms with E-state index in [0.29, 0.717) is 0 Å². The van der Waals surface area contributed by atoms with E-state index in [1.807, 2.05) is 17.5 Å². The molecule has 0 radical (unpaired) electrons. The summed E-state index contributed by atoms with van der Waals surface area (Å²) in [4.78, 5) is 22.7. The Morgan fingerprint density at radius 2 is 2.33 bits per heavy atom. The predicted molar refractivity (Wildman–Crippen MR) is 58.3 cm³/mol. The van der Waals surface area contributed by atoms with Crippen molar-refractivity contribution in [3.63, 3.8) is 0 Å². The molecule has 0 saturated heterocycles. The molecule has 1 aromatic heterocycles. The SMILES string of the molecule is O=C(CCl)N[C@H](Cc1cccs1)C(=O)O. The summed E-state index contributed by atoms with van der Waals surface area (Å²) in [6.07, 6.45) is 0.287. The number of carbonyl (C=O) groups is 2. The number of amides is 1. The van der Waals surface area contributed by atoms with E-state index in [1.165, 1.54) is 11.3 Å². The summed E-state index contributed by atoms with van der Waals surface area (Å²) in [7, 11) is 0. The highest BCUT2D eigenvalue weighted by atomic mass is 35.5. The number of alkyl halides is 1. The Hall–Kier alpha value is -1.07. The van der Waals surface area contributed by atoms with Crippen molar-refractivity contribution in [3.05, 3.63) is 22.4 Å². The molecular weight excluding hydrogens is 238 g/mol. The van der Waals surface area contributed by atoms with E-state index in [0.717, 1.165) is 4.88 Å². The fourth-order valence-electron chi connectivity index (χ4n) is 1.06. The predicted octanol–water partition coefficient (Wildman–Crippen LogP) is 1.10. The van der Waals surface area contributed by atoms with Crippen LogP contribution in [0, 0.1) is 0 Å². The molecule has 0 aliphatic heterocycles. The van der Waals surface area contributed by atoms with Gasteiger partial charge in [-0.2, -0.15) is 0 Å². The molecule has 0 aliphatic carbocycles. The van der Waals surface area contributed by atoms with E-state index >= 15 is 0 Å². The Balaban J connectivity index is 2.59. The van der Waals surface area contributed by atoms with Crippen LogP contribution >= 0.6 is 22.9 Å². The number of nitrogens with one attached hydrogen (secondary N) is 1. The number of hydrogen-bond acceptors (Lipinski definition) is 3. The Labute approximate surface area is 95.9 Å². The van der Waals surface area contributed by atoms with Gasteiger partial charge in [-0.15, -0.1) is 22.9 Å². The van der Waals surface area contributed by atoms with E-state index in [-0.39, 0.29) is 12.3 Å². The highest BCUT2D eigenvalue weighted by Crippen LogP contribution is 2.11. The van der Waals surface area contributed by atoms with Crippen LogP contribution in [0.1, 0.15) is 4.88 Å². The van der Waals surface area contributed by atoms with Gasteiger partial charge >= 0.3 is 5.97 Å². The second-order valence-corrected chi connectivity index (χ2v) is 4.17. The van der Waals surface area contributed by atoms with Gasteiger partial charge in [0.25, 0.3) is 0 Å². The van der Waals surface area contributed by atoms with E-state index in [1.54, 1.807) is 0 Å². The minimum absolute atomic E-state index is 0.228. The lowest BCUT2D eigenvalue weighted by Crippen LogP contribution is -2.42. The van der Waals surface area contributed by atoms with Crippen molar-refractivity contribution in [3.8, 4) is 0 Å². The van der Waals surface area contributed by atoms with Crippen molar-refractivity contribution >= 4 is 34.8 Å². The van der Waals surface area contributed by atoms with Crippen molar-refractivity contribution < 1.29 is 14.7 Å². The molecule has 15 heavy (non-hydrogen) atoms. The number of carboxylic acids is 1. The molecular formula is C9H10ClNO3S. The zero-order valence-electron chi connectivity index (χ0n) is 7.77. The average Bonchev–Trinajstić information content (AvgIpc) is 2.69. The molecule has 0 saturated carbocycles. The van der Waals surface area contributed by atoms with E-state index in [2.05, 4.69) is 5.32 Å². The van der Waals surface area contributed by atoms with Crippen LogP contribution in [-0.2, 0) is 16.0 Å². The molecule has 0 bridgehead atoms. The summed E-state index contributed by atoms with van der Waals surface area (Å²) in [5, 5.41) is 13.1. The summed E-state index contributed by atoms with van der Waals surface area (Å²) in [6.45, 7) is 0. The summed E-state index contributed by atoms with van der Waals surface area (Å²) in [5.74, 6) is -1.75. The minimum atomic E-state index is -1.05. The summed E-state index contributed by atoms with van der Waals surface area (Å²) in [5.41, 5.74) is 0. The largest absolute Gasteiger partial charge is 0.480 e. The van der Waals surface area contributed by atoms with Gasteiger partial charge in [-0.25, -0.2) is 4.79 Å². The maximum atomic E-state index is 11.0. The lowest BCUT2D eigenvalue weighted by atomic mass is 10.2. The van der Waals surface area contributed by atoms with Crippen LogP contribution in [0.15, 0.2) is 17.5 Å². The fraction of sp³-hybridized carbons (Fsp3) is 0.333. The molecule has 2 N–H and O–H groups in total. The fourth-order valence-corrected chi connectivity index (χ4v) is 1.89. The first-order valence-electron chi connectivity index (χ1n) is 4.24. The summed E-state index contributed by atoms with van der Waals surface area (Å²) >= 11 is 6.74. The van der Waals surface area contributed by atoms with Crippen LogP contribution in [0.4, 0.5) is 0 Å². The molecule has 6 heteroatoms. The van der Waals surface area contributed by atoms with Crippen molar-refractivity contribution in [1.82, 2.24) is 5.32 Å². The molecule has 1 atom stereocenters. The number of aliphatic carboxylic acids is 1. The molecule has 4 nitrogen and oxygen atoms in total. The van der Waals surface area contributed by atoms with Crippen LogP contribution in [0.5, 0.6) is 0 Å². The van der Waals surface area contributed by atoms with Crippen molar-refractivity contribution in [2.24, 2.45) is 0 Å². The Kier molecular flexibility index (Phi) is 4.58. The maximum Gasteiger partial charge on any atom is 0.326 e. The first-order chi connectivity index (χ1) is 7.13. The van der Waals surface area contributed by atoms with Crippen LogP contribution in [0.2, 0.25) is 0 Å². The van der Waals surface area contributed by atoms with Gasteiger partial charge in [0.05, 0.1) is 0 Å². The highest BCUT2D eigenvalue weighted by molar-refractivity contribution is 7.09. The van der Waals surface area contributed by atoms with Crippen molar-refractivity contribution in [1.29, 1.82) is 0 Å². The van der Waals surface area contributed by atoms with E-state index < -0.39 is 17.9 Å². The molecule has 1 aromatic rings. The number of rotatable bonds is 5. The zero-order valence-corrected chi connectivity index (χ0v) is 9.35. The van der Waals surface area contributed by atoms with Crippen LogP contribution in [0.25, 0.3) is 0 Å². The van der Waals surface area contributed by atoms with Gasteiger partial charge in [-0.1, -0.05) is 6.07 Å². The van der Waals surface area contributed by atoms with E-state index in [9.17, 15) is 9.59 Å². The first kappa shape index (κ1) is 12.0. The van der Waals surface area contributed by atoms with Gasteiger partial charge in [-0.05, 0) is 11.4 Å². The quantitative estimate of drug-likeness (QED) is 0.766. The first-order valence-corrected chi connectivity index (χ1v) is 5.65. The van der Waals surface area contributed by atoms with E-state index in [4.69, 9.17) is 16.7 Å². The number of carboxylic acid groups (broad SMARTS) is 1. The van der Waals surface area contributed by atoms with Gasteiger partial charge in [0.15, 0.2) is 0 Å². The molecule has 1 amide bonds. The van der Waals surface area contributed by atoms with Crippen molar-refractivity contribution in [2.75, 3.05) is 5.88 Å². The van der Waals surface area contributed by atoms with Crippen LogP contribution in [0.3, 0.4) is 0 Å². The van der Waals surface area contributed by atoms with Gasteiger partial charge in [-0.3, -0.25) is 4.79 Å². The molecule has 1 rings (SSSR count). The Morgan fingerprint density at radius 3 is 2.80 bits per heavy atom. The zero-order chi connectivity index (χ0) is 11.3. The van der Waals surface area contributed by atoms with Gasteiger partial charge in [0.2, 0.25) is 5.91 Å². The molecule has 0 unspecified atom stereocenters. The number of halogens is 1. The Morgan fingerprint density at radius 1 is 1.60 bits per heavy atom. The third-order valence-corrected chi connectivity index (χ3v) is 2.88. The highest BCUT2D eigenvalue weighted by Gasteiger charge is 2.20. The van der Waals surface area contributed by atoms with Gasteiger partial charge in [0.1, 0.15) is 11.9 Å². The van der Waals surface area contributed by atoms with Crippen LogP contribution in [-0.4, -0.2) is 28.9 Å². The third-order valence-electron chi connectivity index (χ3n) is 1.74. The second kappa shape index (κ2) is 5.72. The standard InChI is InChI=1S/C9H10ClNO3S/c10-5-8(12)11-7(9(13)14)4-6-2-1-3-15-6/h1-3,7H,4-5H2,(H,11,12)(H,13,14)/t7-/m1/s1. The normalized spacial score (nSPS) is 12.1. The molecule has 0 aliphatic rings. The lowest BCUT2D eigenvalue weighted by molar-refractivity contribution is -0.141. The maximum absolute atomic E-state index is 11.0. The molecule has 1 heterocycles. The molecule has 82 valence electrons. The average molecular weight is 248 g/mol. The van der Waals surface area contributed by atoms with Crippen molar-refractivity contribution in [2.45, 2.75) is 12.5 Å². The third kappa shape index (κ3) is 3.89. The number of carbonyl (C=O) groups excluding carboxylic acids is 1. The Bertz CT molecular complexity index is 339. The monoisotopic (exact) mass is 247 g/mol. The topological polar surface area (TPSA) is 66.4 Å². The smallest absolute Gasteiger partial charge is 0.326 e. The van der Waals surface area contributed by atoms with Gasteiger partial charge < -0.3 is 10.4 Å².